The first-order valence-electron chi connectivity index (χ1n) is 5.29. The summed E-state index contributed by atoms with van der Waals surface area (Å²) in [5.41, 5.74) is 1.74. The molecule has 2 aromatic rings. The van der Waals surface area contributed by atoms with Crippen LogP contribution in [-0.2, 0) is 13.1 Å². The van der Waals surface area contributed by atoms with Gasteiger partial charge in [0.25, 0.3) is 0 Å². The Morgan fingerprint density at radius 3 is 2.76 bits per heavy atom. The standard InChI is InChI=1S/C13H12BrFN2/c14-12-5-10(7-17-9-12)6-16-8-11-3-1-2-4-13(11)15/h1-5,7,9,16H,6,8H2. The highest BCUT2D eigenvalue weighted by molar-refractivity contribution is 9.10. The van der Waals surface area contributed by atoms with E-state index >= 15 is 0 Å². The van der Waals surface area contributed by atoms with E-state index in [1.54, 1.807) is 24.5 Å². The van der Waals surface area contributed by atoms with Crippen LogP contribution < -0.4 is 5.32 Å². The van der Waals surface area contributed by atoms with E-state index in [1.807, 2.05) is 12.1 Å². The lowest BCUT2D eigenvalue weighted by Crippen LogP contribution is -2.13. The van der Waals surface area contributed by atoms with Crippen molar-refractivity contribution in [2.24, 2.45) is 0 Å². The lowest BCUT2D eigenvalue weighted by Gasteiger charge is -2.06. The van der Waals surface area contributed by atoms with Gasteiger partial charge in [-0.3, -0.25) is 4.98 Å². The molecule has 0 fully saturated rings. The lowest BCUT2D eigenvalue weighted by molar-refractivity contribution is 0.587. The first-order chi connectivity index (χ1) is 8.25. The van der Waals surface area contributed by atoms with Crippen LogP contribution in [0, 0.1) is 5.82 Å². The van der Waals surface area contributed by atoms with Crippen LogP contribution in [0.2, 0.25) is 0 Å². The molecular formula is C13H12BrFN2. The summed E-state index contributed by atoms with van der Waals surface area (Å²) in [5.74, 6) is -0.174. The average molecular weight is 295 g/mol. The summed E-state index contributed by atoms with van der Waals surface area (Å²) in [6.45, 7) is 1.18. The van der Waals surface area contributed by atoms with Gasteiger partial charge in [0.05, 0.1) is 0 Å². The number of aromatic nitrogens is 1. The molecule has 0 aliphatic rings. The van der Waals surface area contributed by atoms with Gasteiger partial charge in [-0.05, 0) is 33.6 Å². The topological polar surface area (TPSA) is 24.9 Å². The summed E-state index contributed by atoms with van der Waals surface area (Å²) < 4.78 is 14.3. The Morgan fingerprint density at radius 1 is 1.18 bits per heavy atom. The molecule has 1 heterocycles. The summed E-state index contributed by atoms with van der Waals surface area (Å²) in [6, 6.07) is 8.76. The predicted molar refractivity (Wildman–Crippen MR) is 68.9 cm³/mol. The highest BCUT2D eigenvalue weighted by Crippen LogP contribution is 2.10. The van der Waals surface area contributed by atoms with Crippen molar-refractivity contribution >= 4 is 15.9 Å². The maximum atomic E-state index is 13.3. The van der Waals surface area contributed by atoms with Crippen LogP contribution in [0.5, 0.6) is 0 Å². The van der Waals surface area contributed by atoms with E-state index in [-0.39, 0.29) is 5.82 Å². The van der Waals surface area contributed by atoms with Gasteiger partial charge in [0.15, 0.2) is 0 Å². The molecule has 0 radical (unpaired) electrons. The van der Waals surface area contributed by atoms with Gasteiger partial charge in [0, 0.05) is 35.5 Å². The minimum absolute atomic E-state index is 0.174. The van der Waals surface area contributed by atoms with Crippen LogP contribution in [0.15, 0.2) is 47.2 Å². The van der Waals surface area contributed by atoms with Gasteiger partial charge in [-0.25, -0.2) is 4.39 Å². The summed E-state index contributed by atoms with van der Waals surface area (Å²) in [4.78, 5) is 4.07. The van der Waals surface area contributed by atoms with E-state index in [4.69, 9.17) is 0 Å². The van der Waals surface area contributed by atoms with Crippen LogP contribution in [0.4, 0.5) is 4.39 Å². The number of nitrogens with one attached hydrogen (secondary N) is 1. The monoisotopic (exact) mass is 294 g/mol. The third kappa shape index (κ3) is 3.61. The molecule has 0 atom stereocenters. The predicted octanol–water partition coefficient (Wildman–Crippen LogP) is 3.27. The normalized spacial score (nSPS) is 10.5. The van der Waals surface area contributed by atoms with Crippen molar-refractivity contribution in [2.75, 3.05) is 0 Å². The van der Waals surface area contributed by atoms with Crippen molar-refractivity contribution in [3.05, 3.63) is 64.1 Å². The fourth-order valence-electron chi connectivity index (χ4n) is 1.54. The van der Waals surface area contributed by atoms with Crippen LogP contribution >= 0.6 is 15.9 Å². The zero-order valence-electron chi connectivity index (χ0n) is 9.16. The van der Waals surface area contributed by atoms with E-state index in [9.17, 15) is 4.39 Å². The number of hydrogen-bond donors (Lipinski definition) is 1. The van der Waals surface area contributed by atoms with Gasteiger partial charge in [0.2, 0.25) is 0 Å². The Kier molecular flexibility index (Phi) is 4.23. The Hall–Kier alpha value is -1.26. The number of benzene rings is 1. The number of hydrogen-bond acceptors (Lipinski definition) is 2. The zero-order chi connectivity index (χ0) is 12.1. The molecular weight excluding hydrogens is 283 g/mol. The van der Waals surface area contributed by atoms with Gasteiger partial charge in [0.1, 0.15) is 5.82 Å². The fourth-order valence-corrected chi connectivity index (χ4v) is 1.95. The van der Waals surface area contributed by atoms with Crippen molar-refractivity contribution in [1.82, 2.24) is 10.3 Å². The van der Waals surface area contributed by atoms with E-state index in [0.29, 0.717) is 18.7 Å². The molecule has 0 saturated heterocycles. The Balaban J connectivity index is 1.90. The first-order valence-corrected chi connectivity index (χ1v) is 6.08. The van der Waals surface area contributed by atoms with Gasteiger partial charge in [-0.15, -0.1) is 0 Å². The van der Waals surface area contributed by atoms with Crippen molar-refractivity contribution in [3.63, 3.8) is 0 Å². The molecule has 0 bridgehead atoms. The maximum absolute atomic E-state index is 13.3. The van der Waals surface area contributed by atoms with Crippen molar-refractivity contribution in [2.45, 2.75) is 13.1 Å². The molecule has 0 unspecified atom stereocenters. The number of pyridine rings is 1. The Morgan fingerprint density at radius 2 is 2.00 bits per heavy atom. The van der Waals surface area contributed by atoms with E-state index in [1.165, 1.54) is 6.07 Å². The second-order valence-electron chi connectivity index (χ2n) is 3.71. The molecule has 4 heteroatoms. The smallest absolute Gasteiger partial charge is 0.127 e. The van der Waals surface area contributed by atoms with Gasteiger partial charge < -0.3 is 5.32 Å². The molecule has 0 saturated carbocycles. The highest BCUT2D eigenvalue weighted by Gasteiger charge is 2.00. The highest BCUT2D eigenvalue weighted by atomic mass is 79.9. The van der Waals surface area contributed by atoms with Crippen molar-refractivity contribution in [3.8, 4) is 0 Å². The van der Waals surface area contributed by atoms with E-state index < -0.39 is 0 Å². The zero-order valence-corrected chi connectivity index (χ0v) is 10.7. The maximum Gasteiger partial charge on any atom is 0.127 e. The average Bonchev–Trinajstić information content (AvgIpc) is 2.32. The number of rotatable bonds is 4. The summed E-state index contributed by atoms with van der Waals surface area (Å²) in [7, 11) is 0. The summed E-state index contributed by atoms with van der Waals surface area (Å²) in [6.07, 6.45) is 3.53. The molecule has 2 rings (SSSR count). The van der Waals surface area contributed by atoms with Crippen LogP contribution in [-0.4, -0.2) is 4.98 Å². The molecule has 1 aromatic carbocycles. The van der Waals surface area contributed by atoms with Crippen molar-refractivity contribution < 1.29 is 4.39 Å². The molecule has 0 spiro atoms. The first kappa shape index (κ1) is 12.2. The van der Waals surface area contributed by atoms with Crippen LogP contribution in [0.3, 0.4) is 0 Å². The lowest BCUT2D eigenvalue weighted by atomic mass is 10.2. The van der Waals surface area contributed by atoms with Gasteiger partial charge in [-0.1, -0.05) is 18.2 Å². The third-order valence-corrected chi connectivity index (χ3v) is 2.80. The summed E-state index contributed by atoms with van der Waals surface area (Å²) in [5, 5.41) is 3.19. The van der Waals surface area contributed by atoms with Crippen LogP contribution in [0.25, 0.3) is 0 Å². The summed E-state index contributed by atoms with van der Waals surface area (Å²) >= 11 is 3.36. The number of nitrogens with zero attached hydrogens (tertiary/aromatic N) is 1. The quantitative estimate of drug-likeness (QED) is 0.936. The second kappa shape index (κ2) is 5.89. The Bertz CT molecular complexity index is 502. The molecule has 2 nitrogen and oxygen atoms in total. The van der Waals surface area contributed by atoms with E-state index in [0.717, 1.165) is 10.0 Å². The fraction of sp³-hybridized carbons (Fsp3) is 0.154. The van der Waals surface area contributed by atoms with Crippen LogP contribution in [0.1, 0.15) is 11.1 Å². The van der Waals surface area contributed by atoms with Crippen molar-refractivity contribution in [1.29, 1.82) is 0 Å². The van der Waals surface area contributed by atoms with E-state index in [2.05, 4.69) is 26.2 Å². The van der Waals surface area contributed by atoms with Gasteiger partial charge >= 0.3 is 0 Å². The molecule has 0 aliphatic heterocycles. The van der Waals surface area contributed by atoms with Gasteiger partial charge in [-0.2, -0.15) is 0 Å². The Labute approximate surface area is 108 Å². The molecule has 0 aliphatic carbocycles. The minimum Gasteiger partial charge on any atom is -0.308 e. The molecule has 1 aromatic heterocycles. The molecule has 1 N–H and O–H groups in total. The minimum atomic E-state index is -0.174. The third-order valence-electron chi connectivity index (χ3n) is 2.36. The second-order valence-corrected chi connectivity index (χ2v) is 4.62. The number of halogens is 2. The molecule has 88 valence electrons. The molecule has 17 heavy (non-hydrogen) atoms. The molecule has 0 amide bonds. The SMILES string of the molecule is Fc1ccccc1CNCc1cncc(Br)c1. The largest absolute Gasteiger partial charge is 0.308 e.